The van der Waals surface area contributed by atoms with Crippen LogP contribution >= 0.6 is 0 Å². The van der Waals surface area contributed by atoms with Gasteiger partial charge in [-0.3, -0.25) is 9.10 Å². The second kappa shape index (κ2) is 8.68. The van der Waals surface area contributed by atoms with Gasteiger partial charge in [-0.25, -0.2) is 8.42 Å². The second-order valence-corrected chi connectivity index (χ2v) is 8.28. The van der Waals surface area contributed by atoms with Crippen LogP contribution in [0.2, 0.25) is 0 Å². The molecule has 0 aliphatic rings. The van der Waals surface area contributed by atoms with Crippen molar-refractivity contribution in [2.45, 2.75) is 4.90 Å². The molecular weight excluding hydrogens is 402 g/mol. The lowest BCUT2D eigenvalue weighted by molar-refractivity contribution is 0.102. The van der Waals surface area contributed by atoms with E-state index in [1.165, 1.54) is 31.3 Å². The minimum Gasteiger partial charge on any atom is -0.497 e. The molecule has 1 N–H and O–H groups in total. The molecule has 0 spiro atoms. The summed E-state index contributed by atoms with van der Waals surface area (Å²) < 4.78 is 32.3. The Labute approximate surface area is 175 Å². The van der Waals surface area contributed by atoms with Crippen LogP contribution in [0.1, 0.15) is 15.9 Å². The number of amides is 1. The second-order valence-electron chi connectivity index (χ2n) is 6.31. The largest absolute Gasteiger partial charge is 0.497 e. The molecule has 0 saturated carbocycles. The van der Waals surface area contributed by atoms with Crippen molar-refractivity contribution < 1.29 is 17.9 Å². The van der Waals surface area contributed by atoms with Crippen molar-refractivity contribution in [1.29, 1.82) is 5.26 Å². The summed E-state index contributed by atoms with van der Waals surface area (Å²) in [6.07, 6.45) is 0. The van der Waals surface area contributed by atoms with Gasteiger partial charge in [-0.15, -0.1) is 0 Å². The predicted octanol–water partition coefficient (Wildman–Crippen LogP) is 3.64. The molecule has 0 aliphatic heterocycles. The molecule has 1 amide bonds. The van der Waals surface area contributed by atoms with Crippen LogP contribution in [0, 0.1) is 11.3 Å². The van der Waals surface area contributed by atoms with Gasteiger partial charge in [0.2, 0.25) is 0 Å². The van der Waals surface area contributed by atoms with E-state index >= 15 is 0 Å². The zero-order valence-electron chi connectivity index (χ0n) is 16.4. The first-order chi connectivity index (χ1) is 14.4. The summed E-state index contributed by atoms with van der Waals surface area (Å²) in [6, 6.07) is 20.9. The number of sulfonamides is 1. The quantitative estimate of drug-likeness (QED) is 0.655. The number of benzene rings is 3. The van der Waals surface area contributed by atoms with Crippen LogP contribution in [0.5, 0.6) is 5.75 Å². The number of para-hydroxylation sites is 1. The van der Waals surface area contributed by atoms with Gasteiger partial charge in [0.1, 0.15) is 5.75 Å². The van der Waals surface area contributed by atoms with E-state index in [1.54, 1.807) is 55.6 Å². The third kappa shape index (κ3) is 4.26. The fraction of sp³-hybridized carbons (Fsp3) is 0.0909. The zero-order valence-corrected chi connectivity index (χ0v) is 17.2. The van der Waals surface area contributed by atoms with Crippen molar-refractivity contribution in [3.63, 3.8) is 0 Å². The molecule has 7 nitrogen and oxygen atoms in total. The maximum absolute atomic E-state index is 13.1. The molecule has 3 rings (SSSR count). The molecule has 0 atom stereocenters. The summed E-state index contributed by atoms with van der Waals surface area (Å²) in [4.78, 5) is 12.8. The van der Waals surface area contributed by atoms with Gasteiger partial charge in [0, 0.05) is 12.7 Å². The van der Waals surface area contributed by atoms with Crippen LogP contribution in [-0.2, 0) is 10.0 Å². The van der Waals surface area contributed by atoms with E-state index < -0.39 is 15.9 Å². The van der Waals surface area contributed by atoms with Crippen LogP contribution in [0.4, 0.5) is 11.4 Å². The Balaban J connectivity index is 1.93. The van der Waals surface area contributed by atoms with E-state index in [0.29, 0.717) is 11.4 Å². The Morgan fingerprint density at radius 3 is 2.40 bits per heavy atom. The summed E-state index contributed by atoms with van der Waals surface area (Å²) in [5, 5.41) is 11.8. The third-order valence-corrected chi connectivity index (χ3v) is 6.22. The highest BCUT2D eigenvalue weighted by Gasteiger charge is 2.25. The topological polar surface area (TPSA) is 99.5 Å². The number of methoxy groups -OCH3 is 1. The summed E-state index contributed by atoms with van der Waals surface area (Å²) in [6.45, 7) is 0. The van der Waals surface area contributed by atoms with Crippen molar-refractivity contribution in [1.82, 2.24) is 0 Å². The number of ether oxygens (including phenoxy) is 1. The molecule has 0 radical (unpaired) electrons. The van der Waals surface area contributed by atoms with Crippen LogP contribution in [0.15, 0.2) is 77.7 Å². The fourth-order valence-corrected chi connectivity index (χ4v) is 4.09. The molecule has 152 valence electrons. The predicted molar refractivity (Wildman–Crippen MR) is 114 cm³/mol. The first-order valence-corrected chi connectivity index (χ1v) is 10.3. The average molecular weight is 421 g/mol. The van der Waals surface area contributed by atoms with E-state index in [4.69, 9.17) is 10.00 Å². The monoisotopic (exact) mass is 421 g/mol. The molecule has 0 bridgehead atoms. The van der Waals surface area contributed by atoms with Gasteiger partial charge in [-0.2, -0.15) is 5.26 Å². The minimum atomic E-state index is -3.98. The van der Waals surface area contributed by atoms with Crippen molar-refractivity contribution in [3.05, 3.63) is 83.9 Å². The highest BCUT2D eigenvalue weighted by atomic mass is 32.2. The van der Waals surface area contributed by atoms with Gasteiger partial charge in [0.15, 0.2) is 0 Å². The van der Waals surface area contributed by atoms with E-state index in [-0.39, 0.29) is 21.7 Å². The van der Waals surface area contributed by atoms with Gasteiger partial charge in [0.25, 0.3) is 15.9 Å². The van der Waals surface area contributed by atoms with E-state index in [1.807, 2.05) is 6.07 Å². The number of nitrogens with one attached hydrogen (secondary N) is 1. The van der Waals surface area contributed by atoms with E-state index in [2.05, 4.69) is 5.32 Å². The molecule has 0 saturated heterocycles. The number of nitriles is 1. The molecule has 3 aromatic carbocycles. The van der Waals surface area contributed by atoms with E-state index in [9.17, 15) is 13.2 Å². The van der Waals surface area contributed by atoms with Crippen molar-refractivity contribution in [2.75, 3.05) is 23.8 Å². The van der Waals surface area contributed by atoms with Crippen molar-refractivity contribution >= 4 is 27.3 Å². The number of carbonyl (C=O) groups excluding carboxylic acids is 1. The highest BCUT2D eigenvalue weighted by Crippen LogP contribution is 2.27. The smallest absolute Gasteiger partial charge is 0.264 e. The molecule has 0 unspecified atom stereocenters. The van der Waals surface area contributed by atoms with Crippen LogP contribution in [0.25, 0.3) is 0 Å². The van der Waals surface area contributed by atoms with Gasteiger partial charge >= 0.3 is 0 Å². The normalized spacial score (nSPS) is 10.7. The van der Waals surface area contributed by atoms with Crippen LogP contribution in [-0.4, -0.2) is 28.5 Å². The number of anilines is 2. The lowest BCUT2D eigenvalue weighted by Crippen LogP contribution is -2.29. The molecule has 3 aromatic rings. The molecule has 0 heterocycles. The molecule has 0 aliphatic carbocycles. The molecule has 30 heavy (non-hydrogen) atoms. The maximum Gasteiger partial charge on any atom is 0.264 e. The van der Waals surface area contributed by atoms with Crippen molar-refractivity contribution in [3.8, 4) is 11.8 Å². The van der Waals surface area contributed by atoms with Gasteiger partial charge in [0.05, 0.1) is 34.9 Å². The van der Waals surface area contributed by atoms with Gasteiger partial charge in [-0.05, 0) is 54.6 Å². The Hall–Kier alpha value is -3.83. The van der Waals surface area contributed by atoms with E-state index in [0.717, 1.165) is 4.31 Å². The lowest BCUT2D eigenvalue weighted by atomic mass is 10.1. The highest BCUT2D eigenvalue weighted by molar-refractivity contribution is 7.92. The summed E-state index contributed by atoms with van der Waals surface area (Å²) in [5.41, 5.74) is 1.18. The summed E-state index contributed by atoms with van der Waals surface area (Å²) >= 11 is 0. The Kier molecular flexibility index (Phi) is 6.04. The van der Waals surface area contributed by atoms with Gasteiger partial charge < -0.3 is 10.1 Å². The standard InChI is InChI=1S/C22H19N3O4S/c1-25(30(27,28)19-7-5-6-16(14-19)15-23)21-9-4-3-8-20(21)22(26)24-17-10-12-18(29-2)13-11-17/h3-14H,1-2H3,(H,24,26). The van der Waals surface area contributed by atoms with Crippen LogP contribution in [0.3, 0.4) is 0 Å². The molecular formula is C22H19N3O4S. The summed E-state index contributed by atoms with van der Waals surface area (Å²) in [5.74, 6) is 0.197. The van der Waals surface area contributed by atoms with Crippen LogP contribution < -0.4 is 14.4 Å². The molecule has 8 heteroatoms. The van der Waals surface area contributed by atoms with Crippen molar-refractivity contribution in [2.24, 2.45) is 0 Å². The zero-order chi connectivity index (χ0) is 21.7. The number of nitrogens with zero attached hydrogens (tertiary/aromatic N) is 2. The lowest BCUT2D eigenvalue weighted by Gasteiger charge is -2.22. The minimum absolute atomic E-state index is 0.0329. The average Bonchev–Trinajstić information content (AvgIpc) is 2.79. The number of hydrogen-bond acceptors (Lipinski definition) is 5. The maximum atomic E-state index is 13.1. The molecule has 0 aromatic heterocycles. The first-order valence-electron chi connectivity index (χ1n) is 8.90. The van der Waals surface area contributed by atoms with Gasteiger partial charge in [-0.1, -0.05) is 18.2 Å². The first kappa shape index (κ1) is 20.9. The Bertz CT molecular complexity index is 1220. The Morgan fingerprint density at radius 1 is 1.03 bits per heavy atom. The summed E-state index contributed by atoms with van der Waals surface area (Å²) in [7, 11) is -1.06. The fourth-order valence-electron chi connectivity index (χ4n) is 2.83. The molecule has 0 fully saturated rings. The number of carbonyl (C=O) groups is 1. The third-order valence-electron chi connectivity index (χ3n) is 4.46. The SMILES string of the molecule is COc1ccc(NC(=O)c2ccccc2N(C)S(=O)(=O)c2cccc(C#N)c2)cc1. The number of hydrogen-bond donors (Lipinski definition) is 1. The number of rotatable bonds is 6. The Morgan fingerprint density at radius 2 is 1.73 bits per heavy atom.